The lowest BCUT2D eigenvalue weighted by Crippen LogP contribution is -2.38. The minimum atomic E-state index is -0.394. The van der Waals surface area contributed by atoms with Gasteiger partial charge in [-0.2, -0.15) is 0 Å². The fourth-order valence-corrected chi connectivity index (χ4v) is 1.78. The van der Waals surface area contributed by atoms with Crippen LogP contribution in [0.2, 0.25) is 0 Å². The molecule has 7 heteroatoms. The molecule has 0 unspecified atom stereocenters. The van der Waals surface area contributed by atoms with Crippen LogP contribution in [0.4, 0.5) is 0 Å². The largest absolute Gasteiger partial charge is 0.465 e. The molecule has 19 heavy (non-hydrogen) atoms. The first-order valence-corrected chi connectivity index (χ1v) is 6.53. The molecular weight excluding hydrogens is 248 g/mol. The summed E-state index contributed by atoms with van der Waals surface area (Å²) < 4.78 is 4.88. The number of amides is 1. The summed E-state index contributed by atoms with van der Waals surface area (Å²) in [5.41, 5.74) is 0. The number of esters is 1. The SMILES string of the molecule is CCOC(=O)CN(C(=O)c1n[nH]c(CC)n1)C1CC1. The second-order valence-electron chi connectivity index (χ2n) is 4.43. The van der Waals surface area contributed by atoms with Crippen LogP contribution in [0.25, 0.3) is 0 Å². The molecule has 104 valence electrons. The molecule has 0 atom stereocenters. The van der Waals surface area contributed by atoms with E-state index < -0.39 is 5.97 Å². The zero-order valence-corrected chi connectivity index (χ0v) is 11.2. The number of ether oxygens (including phenoxy) is 1. The predicted molar refractivity (Wildman–Crippen MR) is 66.5 cm³/mol. The summed E-state index contributed by atoms with van der Waals surface area (Å²) in [6.07, 6.45) is 2.51. The Morgan fingerprint density at radius 1 is 1.42 bits per heavy atom. The Morgan fingerprint density at radius 3 is 2.68 bits per heavy atom. The molecular formula is C12H18N4O3. The van der Waals surface area contributed by atoms with Crippen LogP contribution in [0.3, 0.4) is 0 Å². The van der Waals surface area contributed by atoms with Crippen LogP contribution in [0.5, 0.6) is 0 Å². The standard InChI is InChI=1S/C12H18N4O3/c1-3-9-13-11(15-14-9)12(18)16(8-5-6-8)7-10(17)19-4-2/h8H,3-7H2,1-2H3,(H,13,14,15). The third-order valence-corrected chi connectivity index (χ3v) is 2.91. The van der Waals surface area contributed by atoms with Crippen LogP contribution < -0.4 is 0 Å². The van der Waals surface area contributed by atoms with Crippen LogP contribution >= 0.6 is 0 Å². The average molecular weight is 266 g/mol. The van der Waals surface area contributed by atoms with Gasteiger partial charge < -0.3 is 9.64 Å². The van der Waals surface area contributed by atoms with E-state index in [9.17, 15) is 9.59 Å². The van der Waals surface area contributed by atoms with Gasteiger partial charge in [0.2, 0.25) is 5.82 Å². The van der Waals surface area contributed by atoms with Crippen LogP contribution in [0.15, 0.2) is 0 Å². The topological polar surface area (TPSA) is 88.2 Å². The van der Waals surface area contributed by atoms with Gasteiger partial charge in [-0.1, -0.05) is 6.92 Å². The molecule has 7 nitrogen and oxygen atoms in total. The first kappa shape index (κ1) is 13.5. The molecule has 0 aromatic carbocycles. The van der Waals surface area contributed by atoms with Crippen molar-refractivity contribution in [1.82, 2.24) is 20.1 Å². The molecule has 0 radical (unpaired) electrons. The molecule has 1 fully saturated rings. The number of carbonyl (C=O) groups is 2. The number of hydrogen-bond acceptors (Lipinski definition) is 5. The molecule has 0 saturated heterocycles. The number of aromatic amines is 1. The Kier molecular flexibility index (Phi) is 4.13. The molecule has 1 aliphatic rings. The van der Waals surface area contributed by atoms with E-state index in [2.05, 4.69) is 15.2 Å². The van der Waals surface area contributed by atoms with Gasteiger partial charge in [0, 0.05) is 12.5 Å². The van der Waals surface area contributed by atoms with Crippen LogP contribution in [-0.2, 0) is 16.0 Å². The smallest absolute Gasteiger partial charge is 0.325 e. The van der Waals surface area contributed by atoms with Crippen molar-refractivity contribution in [2.75, 3.05) is 13.2 Å². The number of rotatable bonds is 6. The Morgan fingerprint density at radius 2 is 2.16 bits per heavy atom. The van der Waals surface area contributed by atoms with E-state index in [1.165, 1.54) is 4.90 Å². The van der Waals surface area contributed by atoms with E-state index in [4.69, 9.17) is 4.74 Å². The Hall–Kier alpha value is -1.92. The van der Waals surface area contributed by atoms with E-state index in [0.717, 1.165) is 12.8 Å². The van der Waals surface area contributed by atoms with Gasteiger partial charge in [0.1, 0.15) is 12.4 Å². The quantitative estimate of drug-likeness (QED) is 0.759. The van der Waals surface area contributed by atoms with E-state index >= 15 is 0 Å². The van der Waals surface area contributed by atoms with Gasteiger partial charge in [-0.25, -0.2) is 4.98 Å². The van der Waals surface area contributed by atoms with E-state index in [-0.39, 0.29) is 24.3 Å². The van der Waals surface area contributed by atoms with Crippen molar-refractivity contribution < 1.29 is 14.3 Å². The third kappa shape index (κ3) is 3.30. The summed E-state index contributed by atoms with van der Waals surface area (Å²) in [4.78, 5) is 29.4. The molecule has 1 aromatic rings. The predicted octanol–water partition coefficient (Wildman–Crippen LogP) is 0.535. The number of nitrogens with zero attached hydrogens (tertiary/aromatic N) is 3. The first-order valence-electron chi connectivity index (χ1n) is 6.53. The Balaban J connectivity index is 2.06. The molecule has 2 rings (SSSR count). The van der Waals surface area contributed by atoms with Gasteiger partial charge in [-0.3, -0.25) is 14.7 Å². The van der Waals surface area contributed by atoms with Gasteiger partial charge in [0.15, 0.2) is 0 Å². The number of H-pyrrole nitrogens is 1. The average Bonchev–Trinajstić information content (AvgIpc) is 3.12. The van der Waals surface area contributed by atoms with Crippen molar-refractivity contribution in [3.05, 3.63) is 11.6 Å². The maximum absolute atomic E-state index is 12.3. The van der Waals surface area contributed by atoms with Gasteiger partial charge >= 0.3 is 5.97 Å². The highest BCUT2D eigenvalue weighted by Crippen LogP contribution is 2.27. The van der Waals surface area contributed by atoms with E-state index in [1.54, 1.807) is 6.92 Å². The second kappa shape index (κ2) is 5.81. The van der Waals surface area contributed by atoms with Crippen molar-refractivity contribution in [2.24, 2.45) is 0 Å². The highest BCUT2D eigenvalue weighted by Gasteiger charge is 2.36. The number of aromatic nitrogens is 3. The minimum Gasteiger partial charge on any atom is -0.465 e. The van der Waals surface area contributed by atoms with Crippen LogP contribution in [0.1, 0.15) is 43.1 Å². The second-order valence-corrected chi connectivity index (χ2v) is 4.43. The summed E-state index contributed by atoms with van der Waals surface area (Å²) in [6.45, 7) is 3.94. The van der Waals surface area contributed by atoms with E-state index in [0.29, 0.717) is 18.9 Å². The molecule has 0 aliphatic heterocycles. The first-order chi connectivity index (χ1) is 9.15. The summed E-state index contributed by atoms with van der Waals surface area (Å²) >= 11 is 0. The highest BCUT2D eigenvalue weighted by atomic mass is 16.5. The third-order valence-electron chi connectivity index (χ3n) is 2.91. The number of carbonyl (C=O) groups excluding carboxylic acids is 2. The fraction of sp³-hybridized carbons (Fsp3) is 0.667. The van der Waals surface area contributed by atoms with Gasteiger partial charge in [-0.05, 0) is 19.8 Å². The Labute approximate surface area is 111 Å². The molecule has 0 spiro atoms. The summed E-state index contributed by atoms with van der Waals surface area (Å²) in [5, 5.41) is 6.60. The Bertz CT molecular complexity index is 467. The van der Waals surface area contributed by atoms with Crippen molar-refractivity contribution in [1.29, 1.82) is 0 Å². The number of nitrogens with one attached hydrogen (secondary N) is 1. The van der Waals surface area contributed by atoms with E-state index in [1.807, 2.05) is 6.92 Å². The molecule has 1 heterocycles. The maximum atomic E-state index is 12.3. The van der Waals surface area contributed by atoms with Gasteiger partial charge in [0.25, 0.3) is 5.91 Å². The molecule has 0 bridgehead atoms. The van der Waals surface area contributed by atoms with Crippen LogP contribution in [-0.4, -0.2) is 51.2 Å². The summed E-state index contributed by atoms with van der Waals surface area (Å²) in [5.74, 6) is 0.0729. The fourth-order valence-electron chi connectivity index (χ4n) is 1.78. The number of hydrogen-bond donors (Lipinski definition) is 1. The highest BCUT2D eigenvalue weighted by molar-refractivity contribution is 5.93. The lowest BCUT2D eigenvalue weighted by atomic mass is 10.4. The molecule has 1 amide bonds. The summed E-state index contributed by atoms with van der Waals surface area (Å²) in [6, 6.07) is 0.112. The van der Waals surface area contributed by atoms with Crippen molar-refractivity contribution in [3.8, 4) is 0 Å². The molecule has 1 aromatic heterocycles. The number of aryl methyl sites for hydroxylation is 1. The maximum Gasteiger partial charge on any atom is 0.325 e. The normalized spacial score (nSPS) is 14.2. The zero-order valence-electron chi connectivity index (χ0n) is 11.2. The minimum absolute atomic E-state index is 0.0344. The molecule has 1 aliphatic carbocycles. The monoisotopic (exact) mass is 266 g/mol. The summed E-state index contributed by atoms with van der Waals surface area (Å²) in [7, 11) is 0. The lowest BCUT2D eigenvalue weighted by molar-refractivity contribution is -0.144. The molecule has 1 saturated carbocycles. The zero-order chi connectivity index (χ0) is 13.8. The lowest BCUT2D eigenvalue weighted by Gasteiger charge is -2.19. The van der Waals surface area contributed by atoms with Crippen molar-refractivity contribution in [3.63, 3.8) is 0 Å². The van der Waals surface area contributed by atoms with Crippen molar-refractivity contribution >= 4 is 11.9 Å². The van der Waals surface area contributed by atoms with Gasteiger partial charge in [0.05, 0.1) is 6.61 Å². The van der Waals surface area contributed by atoms with Crippen LogP contribution in [0, 0.1) is 0 Å². The van der Waals surface area contributed by atoms with Crippen molar-refractivity contribution in [2.45, 2.75) is 39.2 Å². The van der Waals surface area contributed by atoms with Gasteiger partial charge in [-0.15, -0.1) is 5.10 Å². The molecule has 1 N–H and O–H groups in total.